The minimum absolute atomic E-state index is 0.750. The molecule has 0 saturated heterocycles. The van der Waals surface area contributed by atoms with Crippen molar-refractivity contribution in [2.75, 3.05) is 0 Å². The van der Waals surface area contributed by atoms with Gasteiger partial charge in [0.1, 0.15) is 0 Å². The fourth-order valence-corrected chi connectivity index (χ4v) is 2.25. The highest BCUT2D eigenvalue weighted by molar-refractivity contribution is 7.07. The van der Waals surface area contributed by atoms with Gasteiger partial charge in [-0.15, -0.1) is 0 Å². The predicted molar refractivity (Wildman–Crippen MR) is 82.7 cm³/mol. The molecule has 0 aliphatic heterocycles. The number of thiophene rings is 1. The van der Waals surface area contributed by atoms with Gasteiger partial charge in [0.2, 0.25) is 0 Å². The Morgan fingerprint density at radius 1 is 1.06 bits per heavy atom. The van der Waals surface area contributed by atoms with Crippen LogP contribution in [0.15, 0.2) is 16.8 Å². The summed E-state index contributed by atoms with van der Waals surface area (Å²) >= 11 is 16.2. The van der Waals surface area contributed by atoms with E-state index in [1.807, 2.05) is 11.3 Å². The van der Waals surface area contributed by atoms with Gasteiger partial charge < -0.3 is 0 Å². The quantitative estimate of drug-likeness (QED) is 0.391. The van der Waals surface area contributed by atoms with Crippen molar-refractivity contribution in [1.82, 2.24) is 0 Å². The molecule has 0 N–H and O–H groups in total. The Kier molecular flexibility index (Phi) is 13.4. The molecule has 1 rings (SSSR count). The van der Waals surface area contributed by atoms with Gasteiger partial charge in [-0.25, -0.2) is 0 Å². The van der Waals surface area contributed by atoms with Crippen LogP contribution in [0.2, 0.25) is 0 Å². The minimum Gasteiger partial charge on any atom is -0.152 e. The van der Waals surface area contributed by atoms with Gasteiger partial charge in [-0.2, -0.15) is 11.3 Å². The van der Waals surface area contributed by atoms with Gasteiger partial charge in [-0.05, 0) is 35.2 Å². The molecule has 4 heteroatoms. The third-order valence-electron chi connectivity index (χ3n) is 2.40. The molecular weight excluding hydrogens is 295 g/mol. The van der Waals surface area contributed by atoms with Gasteiger partial charge in [0, 0.05) is 0 Å². The molecule has 0 spiro atoms. The SMILES string of the molecule is CCCCCCCCc1ccsc1.ClC(Cl)Cl. The molecular formula is C13H21Cl3S. The smallest absolute Gasteiger partial charge is 0.152 e. The highest BCUT2D eigenvalue weighted by Gasteiger charge is 1.93. The largest absolute Gasteiger partial charge is 0.180 e. The number of hydrogen-bond acceptors (Lipinski definition) is 1. The van der Waals surface area contributed by atoms with Crippen LogP contribution in [0.3, 0.4) is 0 Å². The van der Waals surface area contributed by atoms with Gasteiger partial charge in [0.15, 0.2) is 4.30 Å². The van der Waals surface area contributed by atoms with Gasteiger partial charge >= 0.3 is 0 Å². The van der Waals surface area contributed by atoms with Crippen molar-refractivity contribution in [3.05, 3.63) is 22.4 Å². The molecule has 0 aliphatic rings. The lowest BCUT2D eigenvalue weighted by Crippen LogP contribution is -1.83. The van der Waals surface area contributed by atoms with Crippen LogP contribution in [0, 0.1) is 0 Å². The van der Waals surface area contributed by atoms with Crippen molar-refractivity contribution >= 4 is 46.1 Å². The molecule has 0 atom stereocenters. The number of alkyl halides is 3. The summed E-state index contributed by atoms with van der Waals surface area (Å²) in [6.45, 7) is 2.27. The van der Waals surface area contributed by atoms with E-state index in [-0.39, 0.29) is 0 Å². The topological polar surface area (TPSA) is 0 Å². The third kappa shape index (κ3) is 14.5. The molecule has 0 bridgehead atoms. The second-order valence-corrected chi connectivity index (χ2v) is 6.66. The van der Waals surface area contributed by atoms with Gasteiger partial charge in [0.05, 0.1) is 0 Å². The van der Waals surface area contributed by atoms with E-state index >= 15 is 0 Å². The van der Waals surface area contributed by atoms with Crippen molar-refractivity contribution in [3.63, 3.8) is 0 Å². The second kappa shape index (κ2) is 13.0. The summed E-state index contributed by atoms with van der Waals surface area (Å²) in [6, 6.07) is 2.25. The maximum atomic E-state index is 4.81. The Morgan fingerprint density at radius 3 is 2.18 bits per heavy atom. The molecule has 100 valence electrons. The Labute approximate surface area is 124 Å². The molecule has 1 aromatic heterocycles. The Morgan fingerprint density at radius 2 is 1.65 bits per heavy atom. The molecule has 0 saturated carbocycles. The zero-order valence-electron chi connectivity index (χ0n) is 10.3. The molecule has 17 heavy (non-hydrogen) atoms. The molecule has 0 aromatic carbocycles. The Balaban J connectivity index is 0.000000557. The molecule has 0 amide bonds. The number of aryl methyl sites for hydroxylation is 1. The van der Waals surface area contributed by atoms with Crippen LogP contribution in [0.4, 0.5) is 0 Å². The number of unbranched alkanes of at least 4 members (excludes halogenated alkanes) is 5. The van der Waals surface area contributed by atoms with Crippen molar-refractivity contribution in [2.24, 2.45) is 0 Å². The van der Waals surface area contributed by atoms with E-state index in [0.717, 1.165) is 0 Å². The van der Waals surface area contributed by atoms with E-state index in [9.17, 15) is 0 Å². The molecule has 0 unspecified atom stereocenters. The molecule has 0 fully saturated rings. The summed E-state index contributed by atoms with van der Waals surface area (Å²) < 4.78 is -0.750. The highest BCUT2D eigenvalue weighted by Crippen LogP contribution is 2.12. The first-order chi connectivity index (χ1) is 8.16. The zero-order chi connectivity index (χ0) is 12.9. The Hall–Kier alpha value is 0.570. The van der Waals surface area contributed by atoms with Gasteiger partial charge in [-0.1, -0.05) is 73.8 Å². The fraction of sp³-hybridized carbons (Fsp3) is 0.692. The minimum atomic E-state index is -0.750. The number of halogens is 3. The normalized spacial score (nSPS) is 10.2. The average Bonchev–Trinajstić information content (AvgIpc) is 2.75. The van der Waals surface area contributed by atoms with Crippen LogP contribution in [-0.4, -0.2) is 4.30 Å². The van der Waals surface area contributed by atoms with E-state index in [1.54, 1.807) is 0 Å². The molecule has 1 aromatic rings. The van der Waals surface area contributed by atoms with E-state index < -0.39 is 4.30 Å². The van der Waals surface area contributed by atoms with Crippen LogP contribution in [0.25, 0.3) is 0 Å². The number of hydrogen-bond donors (Lipinski definition) is 0. The molecule has 0 nitrogen and oxygen atoms in total. The molecule has 0 aliphatic carbocycles. The first-order valence-electron chi connectivity index (χ1n) is 6.10. The first-order valence-corrected chi connectivity index (χ1v) is 8.35. The van der Waals surface area contributed by atoms with Gasteiger partial charge in [-0.3, -0.25) is 0 Å². The number of rotatable bonds is 7. The third-order valence-corrected chi connectivity index (χ3v) is 3.13. The monoisotopic (exact) mass is 314 g/mol. The lowest BCUT2D eigenvalue weighted by Gasteiger charge is -1.99. The van der Waals surface area contributed by atoms with E-state index in [4.69, 9.17) is 34.8 Å². The van der Waals surface area contributed by atoms with E-state index in [0.29, 0.717) is 0 Å². The zero-order valence-corrected chi connectivity index (χ0v) is 13.4. The first kappa shape index (κ1) is 17.6. The summed E-state index contributed by atoms with van der Waals surface area (Å²) in [4.78, 5) is 0. The predicted octanol–water partition coefficient (Wildman–Crippen LogP) is 6.64. The van der Waals surface area contributed by atoms with Crippen LogP contribution in [0.1, 0.15) is 51.0 Å². The van der Waals surface area contributed by atoms with Crippen molar-refractivity contribution in [2.45, 2.75) is 56.2 Å². The molecule has 1 heterocycles. The fourth-order valence-electron chi connectivity index (χ4n) is 1.54. The second-order valence-electron chi connectivity index (χ2n) is 3.90. The summed E-state index contributed by atoms with van der Waals surface area (Å²) in [5.41, 5.74) is 1.53. The van der Waals surface area contributed by atoms with Crippen molar-refractivity contribution in [1.29, 1.82) is 0 Å². The van der Waals surface area contributed by atoms with E-state index in [2.05, 4.69) is 23.8 Å². The highest BCUT2D eigenvalue weighted by atomic mass is 35.6. The van der Waals surface area contributed by atoms with Crippen LogP contribution in [-0.2, 0) is 6.42 Å². The summed E-state index contributed by atoms with van der Waals surface area (Å²) in [5.74, 6) is 0. The lowest BCUT2D eigenvalue weighted by atomic mass is 10.1. The average molecular weight is 316 g/mol. The van der Waals surface area contributed by atoms with E-state index in [1.165, 1.54) is 50.5 Å². The van der Waals surface area contributed by atoms with Crippen LogP contribution >= 0.6 is 46.1 Å². The van der Waals surface area contributed by atoms with Crippen molar-refractivity contribution < 1.29 is 0 Å². The Bertz CT molecular complexity index is 232. The van der Waals surface area contributed by atoms with Gasteiger partial charge in [0.25, 0.3) is 0 Å². The summed E-state index contributed by atoms with van der Waals surface area (Å²) in [6.07, 6.45) is 9.70. The maximum Gasteiger partial charge on any atom is 0.180 e. The maximum absolute atomic E-state index is 4.81. The molecule has 0 radical (unpaired) electrons. The van der Waals surface area contributed by atoms with Crippen LogP contribution < -0.4 is 0 Å². The summed E-state index contributed by atoms with van der Waals surface area (Å²) in [5, 5.41) is 4.44. The lowest BCUT2D eigenvalue weighted by molar-refractivity contribution is 0.608. The summed E-state index contributed by atoms with van der Waals surface area (Å²) in [7, 11) is 0. The van der Waals surface area contributed by atoms with Crippen molar-refractivity contribution in [3.8, 4) is 0 Å². The van der Waals surface area contributed by atoms with Crippen LogP contribution in [0.5, 0.6) is 0 Å². The standard InChI is InChI=1S/C12H20S.CHCl3/c1-2-3-4-5-6-7-8-12-9-10-13-11-12;2-1(3)4/h9-11H,2-8H2,1H3;1H.